The largest absolute Gasteiger partial charge is 0.379 e. The fourth-order valence-corrected chi connectivity index (χ4v) is 4.01. The van der Waals surface area contributed by atoms with Gasteiger partial charge in [-0.25, -0.2) is 4.39 Å². The van der Waals surface area contributed by atoms with Crippen molar-refractivity contribution in [1.29, 1.82) is 0 Å². The Morgan fingerprint density at radius 3 is 2.19 bits per heavy atom. The summed E-state index contributed by atoms with van der Waals surface area (Å²) in [5.74, 6) is 1.09. The van der Waals surface area contributed by atoms with Crippen LogP contribution in [-0.2, 0) is 9.47 Å². The molecule has 0 aromatic heterocycles. The highest BCUT2D eigenvalue weighted by Crippen LogP contribution is 2.21. The van der Waals surface area contributed by atoms with Crippen LogP contribution in [0.3, 0.4) is 0 Å². The zero-order valence-corrected chi connectivity index (χ0v) is 21.0. The van der Waals surface area contributed by atoms with Gasteiger partial charge in [0.1, 0.15) is 5.82 Å². The first kappa shape index (κ1) is 26.2. The summed E-state index contributed by atoms with van der Waals surface area (Å²) in [4.78, 5) is 9.23. The van der Waals surface area contributed by atoms with Crippen molar-refractivity contribution in [3.63, 3.8) is 0 Å². The van der Waals surface area contributed by atoms with Crippen molar-refractivity contribution < 1.29 is 13.9 Å². The van der Waals surface area contributed by atoms with Gasteiger partial charge in [0.15, 0.2) is 5.96 Å². The lowest BCUT2D eigenvalue weighted by molar-refractivity contribution is 0.0169. The minimum Gasteiger partial charge on any atom is -0.379 e. The summed E-state index contributed by atoms with van der Waals surface area (Å²) in [5.41, 5.74) is 1.10. The first-order chi connectivity index (χ1) is 14.7. The van der Waals surface area contributed by atoms with Gasteiger partial charge in [-0.3, -0.25) is 14.8 Å². The molecule has 31 heavy (non-hydrogen) atoms. The van der Waals surface area contributed by atoms with Crippen LogP contribution >= 0.6 is 24.0 Å². The third-order valence-corrected chi connectivity index (χ3v) is 5.72. The molecular formula is C22H37FIN5O2. The highest BCUT2D eigenvalue weighted by Gasteiger charge is 2.23. The molecule has 176 valence electrons. The number of morpholine rings is 2. The van der Waals surface area contributed by atoms with Crippen LogP contribution in [0.15, 0.2) is 29.3 Å². The second-order valence-corrected chi connectivity index (χ2v) is 8.07. The van der Waals surface area contributed by atoms with Crippen LogP contribution in [0.2, 0.25) is 0 Å². The van der Waals surface area contributed by atoms with Gasteiger partial charge in [-0.15, -0.1) is 24.0 Å². The second-order valence-electron chi connectivity index (χ2n) is 8.07. The zero-order chi connectivity index (χ0) is 21.2. The van der Waals surface area contributed by atoms with Gasteiger partial charge >= 0.3 is 0 Å². The van der Waals surface area contributed by atoms with Crippen LogP contribution in [0.1, 0.15) is 18.5 Å². The van der Waals surface area contributed by atoms with Gasteiger partial charge in [-0.05, 0) is 23.6 Å². The Morgan fingerprint density at radius 2 is 1.58 bits per heavy atom. The number of nitrogens with one attached hydrogen (secondary N) is 2. The molecule has 0 bridgehead atoms. The molecule has 2 heterocycles. The molecule has 2 atom stereocenters. The maximum atomic E-state index is 13.4. The van der Waals surface area contributed by atoms with Crippen LogP contribution in [0, 0.1) is 11.7 Å². The van der Waals surface area contributed by atoms with E-state index in [0.717, 1.165) is 77.2 Å². The molecular weight excluding hydrogens is 512 g/mol. The Hall–Kier alpha value is -1.01. The summed E-state index contributed by atoms with van der Waals surface area (Å²) >= 11 is 0. The van der Waals surface area contributed by atoms with Crippen molar-refractivity contribution in [2.75, 3.05) is 79.3 Å². The minimum absolute atomic E-state index is 0. The summed E-state index contributed by atoms with van der Waals surface area (Å²) in [6.07, 6.45) is 0. The molecule has 2 aliphatic heterocycles. The monoisotopic (exact) mass is 549 g/mol. The average molecular weight is 549 g/mol. The quantitative estimate of drug-likeness (QED) is 0.294. The maximum absolute atomic E-state index is 13.4. The first-order valence-corrected chi connectivity index (χ1v) is 11.0. The number of benzene rings is 1. The van der Waals surface area contributed by atoms with Crippen molar-refractivity contribution >= 4 is 29.9 Å². The van der Waals surface area contributed by atoms with Gasteiger partial charge in [0.05, 0.1) is 32.5 Å². The molecule has 0 saturated carbocycles. The van der Waals surface area contributed by atoms with Crippen molar-refractivity contribution in [2.45, 2.75) is 13.0 Å². The fraction of sp³-hybridized carbons (Fsp3) is 0.682. The smallest absolute Gasteiger partial charge is 0.191 e. The summed E-state index contributed by atoms with van der Waals surface area (Å²) in [7, 11) is 1.80. The van der Waals surface area contributed by atoms with E-state index in [1.54, 1.807) is 7.05 Å². The third kappa shape index (κ3) is 8.80. The SMILES string of the molecule is CN=C(NCC(C)CN1CCOCC1)NCC(c1ccc(F)cc1)N1CCOCC1.I. The number of aliphatic imine (C=N–C) groups is 1. The van der Waals surface area contributed by atoms with E-state index >= 15 is 0 Å². The van der Waals surface area contributed by atoms with E-state index in [0.29, 0.717) is 12.5 Å². The van der Waals surface area contributed by atoms with Crippen molar-refractivity contribution in [3.05, 3.63) is 35.6 Å². The van der Waals surface area contributed by atoms with E-state index in [4.69, 9.17) is 9.47 Å². The van der Waals surface area contributed by atoms with Gasteiger partial charge in [-0.2, -0.15) is 0 Å². The average Bonchev–Trinajstić information content (AvgIpc) is 2.78. The van der Waals surface area contributed by atoms with E-state index in [2.05, 4.69) is 32.3 Å². The Morgan fingerprint density at radius 1 is 1.00 bits per heavy atom. The molecule has 0 aliphatic carbocycles. The molecule has 3 rings (SSSR count). The Kier molecular flexibility index (Phi) is 12.0. The van der Waals surface area contributed by atoms with Gasteiger partial charge in [0.25, 0.3) is 0 Å². The number of hydrogen-bond donors (Lipinski definition) is 2. The standard InChI is InChI=1S/C22H36FN5O2.HI/c1-18(17-27-7-11-29-12-8-27)15-25-22(24-2)26-16-21(28-9-13-30-14-10-28)19-3-5-20(23)6-4-19;/h3-6,18,21H,7-17H2,1-2H3,(H2,24,25,26);1H. The molecule has 2 aliphatic rings. The fourth-order valence-electron chi connectivity index (χ4n) is 4.01. The molecule has 7 nitrogen and oxygen atoms in total. The van der Waals surface area contributed by atoms with Crippen LogP contribution in [0.5, 0.6) is 0 Å². The van der Waals surface area contributed by atoms with Crippen molar-refractivity contribution in [2.24, 2.45) is 10.9 Å². The van der Waals surface area contributed by atoms with E-state index in [-0.39, 0.29) is 35.8 Å². The molecule has 2 unspecified atom stereocenters. The molecule has 0 radical (unpaired) electrons. The number of rotatable bonds is 8. The highest BCUT2D eigenvalue weighted by molar-refractivity contribution is 14.0. The lowest BCUT2D eigenvalue weighted by atomic mass is 10.0. The zero-order valence-electron chi connectivity index (χ0n) is 18.7. The minimum atomic E-state index is -0.209. The molecule has 1 aromatic carbocycles. The van der Waals surface area contributed by atoms with Gasteiger partial charge in [-0.1, -0.05) is 19.1 Å². The molecule has 0 amide bonds. The van der Waals surface area contributed by atoms with Crippen LogP contribution in [0.4, 0.5) is 4.39 Å². The first-order valence-electron chi connectivity index (χ1n) is 11.0. The number of ether oxygens (including phenoxy) is 2. The second kappa shape index (κ2) is 14.2. The molecule has 2 saturated heterocycles. The topological polar surface area (TPSA) is 61.4 Å². The molecule has 0 spiro atoms. The Balaban J connectivity index is 0.00000341. The van der Waals surface area contributed by atoms with Crippen LogP contribution < -0.4 is 10.6 Å². The molecule has 9 heteroatoms. The van der Waals surface area contributed by atoms with E-state index in [1.807, 2.05) is 12.1 Å². The number of halogens is 2. The number of nitrogens with zero attached hydrogens (tertiary/aromatic N) is 3. The molecule has 2 fully saturated rings. The van der Waals surface area contributed by atoms with E-state index in [1.165, 1.54) is 12.1 Å². The van der Waals surface area contributed by atoms with Gasteiger partial charge < -0.3 is 20.1 Å². The Labute approximate surface area is 202 Å². The maximum Gasteiger partial charge on any atom is 0.191 e. The number of guanidine groups is 1. The van der Waals surface area contributed by atoms with Gasteiger partial charge in [0.2, 0.25) is 0 Å². The van der Waals surface area contributed by atoms with Crippen LogP contribution in [0.25, 0.3) is 0 Å². The summed E-state index contributed by atoms with van der Waals surface area (Å²) < 4.78 is 24.4. The van der Waals surface area contributed by atoms with E-state index in [9.17, 15) is 4.39 Å². The predicted octanol–water partition coefficient (Wildman–Crippen LogP) is 1.95. The van der Waals surface area contributed by atoms with Gasteiger partial charge in [0, 0.05) is 52.9 Å². The molecule has 2 N–H and O–H groups in total. The lowest BCUT2D eigenvalue weighted by Crippen LogP contribution is -2.47. The summed E-state index contributed by atoms with van der Waals surface area (Å²) in [5, 5.41) is 6.92. The third-order valence-electron chi connectivity index (χ3n) is 5.72. The number of hydrogen-bond acceptors (Lipinski definition) is 5. The lowest BCUT2D eigenvalue weighted by Gasteiger charge is -2.35. The van der Waals surface area contributed by atoms with Crippen molar-refractivity contribution in [3.8, 4) is 0 Å². The summed E-state index contributed by atoms with van der Waals surface area (Å²) in [6, 6.07) is 6.95. The molecule has 1 aromatic rings. The predicted molar refractivity (Wildman–Crippen MR) is 133 cm³/mol. The summed E-state index contributed by atoms with van der Waals surface area (Å²) in [6.45, 7) is 11.7. The van der Waals surface area contributed by atoms with Crippen molar-refractivity contribution in [1.82, 2.24) is 20.4 Å². The van der Waals surface area contributed by atoms with E-state index < -0.39 is 0 Å². The highest BCUT2D eigenvalue weighted by atomic mass is 127. The Bertz CT molecular complexity index is 652. The van der Waals surface area contributed by atoms with Crippen LogP contribution in [-0.4, -0.2) is 95.0 Å². The normalized spacial score (nSPS) is 20.5.